The Hall–Kier alpha value is -1.16. The first-order chi connectivity index (χ1) is 29.4. The Labute approximate surface area is 371 Å². The van der Waals surface area contributed by atoms with E-state index in [0.29, 0.717) is 12.8 Å². The van der Waals surface area contributed by atoms with E-state index in [2.05, 4.69) is 60.6 Å². The Kier molecular flexibility index (Phi) is 12.9. The van der Waals surface area contributed by atoms with Crippen LogP contribution in [0.25, 0.3) is 0 Å². The Morgan fingerprint density at radius 1 is 0.698 bits per heavy atom. The largest absolute Gasteiger partial charge is 0.395 e. The van der Waals surface area contributed by atoms with Crippen LogP contribution in [0.5, 0.6) is 0 Å². The van der Waals surface area contributed by atoms with E-state index in [1.165, 1.54) is 11.1 Å². The third kappa shape index (κ3) is 7.48. The fourth-order valence-electron chi connectivity index (χ4n) is 14.2. The van der Waals surface area contributed by atoms with Crippen molar-refractivity contribution < 1.29 is 79.5 Å². The zero-order chi connectivity index (χ0) is 46.0. The molecule has 3 heterocycles. The van der Waals surface area contributed by atoms with Gasteiger partial charge in [0.2, 0.25) is 0 Å². The average molecular weight is 897 g/mol. The fraction of sp³-hybridized carbons (Fsp3) is 0.915. The van der Waals surface area contributed by atoms with Crippen LogP contribution in [0.4, 0.5) is 0 Å². The van der Waals surface area contributed by atoms with Crippen LogP contribution in [-0.4, -0.2) is 169 Å². The van der Waals surface area contributed by atoms with E-state index in [0.717, 1.165) is 38.5 Å². The predicted octanol–water partition coefficient (Wildman–Crippen LogP) is 1.17. The number of hydrogen-bond donors (Lipinski definition) is 10. The predicted molar refractivity (Wildman–Crippen MR) is 224 cm³/mol. The lowest BCUT2D eigenvalue weighted by atomic mass is 9.35. The highest BCUT2D eigenvalue weighted by Gasteiger charge is 2.68. The molecule has 0 aromatic carbocycles. The van der Waals surface area contributed by atoms with Crippen molar-refractivity contribution in [1.82, 2.24) is 0 Å². The molecule has 360 valence electrons. The first-order valence-corrected chi connectivity index (χ1v) is 23.4. The molecule has 22 unspecified atom stereocenters. The van der Waals surface area contributed by atoms with Crippen LogP contribution >= 0.6 is 0 Å². The first kappa shape index (κ1) is 48.3. The molecule has 22 atom stereocenters. The van der Waals surface area contributed by atoms with Crippen molar-refractivity contribution in [2.24, 2.45) is 44.3 Å². The highest BCUT2D eigenvalue weighted by atomic mass is 16.8. The van der Waals surface area contributed by atoms with E-state index in [-0.39, 0.29) is 40.1 Å². The van der Waals surface area contributed by atoms with Crippen molar-refractivity contribution in [3.05, 3.63) is 23.3 Å². The summed E-state index contributed by atoms with van der Waals surface area (Å²) in [5.41, 5.74) is 0.916. The van der Waals surface area contributed by atoms with Gasteiger partial charge in [0, 0.05) is 10.8 Å². The SMILES string of the molecule is CC1OC(OC2CCC3(C)C(CCC4(C)C3C=CC3=C5CC(C)(C)CCC5(CO)C(O)CC34C)C2(C)C)C(OC2OC(CO)C(O)C(O)C2OC2OCC(O)C(O)C2O)C(O)C1O. The van der Waals surface area contributed by atoms with Crippen LogP contribution in [-0.2, 0) is 28.4 Å². The average Bonchev–Trinajstić information content (AvgIpc) is 3.22. The third-order valence-electron chi connectivity index (χ3n) is 18.4. The maximum Gasteiger partial charge on any atom is 0.187 e. The van der Waals surface area contributed by atoms with Crippen molar-refractivity contribution in [3.63, 3.8) is 0 Å². The summed E-state index contributed by atoms with van der Waals surface area (Å²) in [6, 6.07) is 0. The summed E-state index contributed by atoms with van der Waals surface area (Å²) in [5, 5.41) is 109. The lowest BCUT2D eigenvalue weighted by Crippen LogP contribution is -2.67. The Bertz CT molecular complexity index is 1740. The van der Waals surface area contributed by atoms with E-state index in [4.69, 9.17) is 28.4 Å². The van der Waals surface area contributed by atoms with Gasteiger partial charge < -0.3 is 79.5 Å². The second-order valence-corrected chi connectivity index (χ2v) is 22.8. The van der Waals surface area contributed by atoms with Crippen molar-refractivity contribution >= 4 is 0 Å². The summed E-state index contributed by atoms with van der Waals surface area (Å²) >= 11 is 0. The molecule has 0 bridgehead atoms. The molecule has 6 fully saturated rings. The molecule has 10 N–H and O–H groups in total. The molecule has 8 aliphatic rings. The van der Waals surface area contributed by atoms with E-state index in [1.54, 1.807) is 6.92 Å². The minimum atomic E-state index is -1.79. The molecule has 0 aromatic heterocycles. The highest BCUT2D eigenvalue weighted by molar-refractivity contribution is 5.47. The summed E-state index contributed by atoms with van der Waals surface area (Å²) in [4.78, 5) is 0. The zero-order valence-corrected chi connectivity index (χ0v) is 38.2. The van der Waals surface area contributed by atoms with Gasteiger partial charge in [-0.2, -0.15) is 0 Å². The number of hydrogen-bond acceptors (Lipinski definition) is 16. The van der Waals surface area contributed by atoms with Gasteiger partial charge in [-0.3, -0.25) is 0 Å². The van der Waals surface area contributed by atoms with Gasteiger partial charge in [0.1, 0.15) is 61.0 Å². The summed E-state index contributed by atoms with van der Waals surface area (Å²) < 4.78 is 36.7. The number of ether oxygens (including phenoxy) is 6. The Morgan fingerprint density at radius 2 is 1.35 bits per heavy atom. The molecule has 3 saturated heterocycles. The van der Waals surface area contributed by atoms with E-state index in [1.807, 2.05) is 0 Å². The summed E-state index contributed by atoms with van der Waals surface area (Å²) in [6.07, 6.45) is -11.0. The minimum Gasteiger partial charge on any atom is -0.395 e. The maximum absolute atomic E-state index is 12.1. The van der Waals surface area contributed by atoms with E-state index < -0.39 is 122 Å². The van der Waals surface area contributed by atoms with Crippen LogP contribution in [0.1, 0.15) is 107 Å². The number of allylic oxidation sites excluding steroid dienone is 3. The van der Waals surface area contributed by atoms with Crippen molar-refractivity contribution in [1.29, 1.82) is 0 Å². The molecule has 8 rings (SSSR count). The minimum absolute atomic E-state index is 0.0550. The van der Waals surface area contributed by atoms with Gasteiger partial charge >= 0.3 is 0 Å². The van der Waals surface area contributed by atoms with Crippen molar-refractivity contribution in [2.75, 3.05) is 19.8 Å². The van der Waals surface area contributed by atoms with Crippen LogP contribution < -0.4 is 0 Å². The smallest absolute Gasteiger partial charge is 0.187 e. The van der Waals surface area contributed by atoms with Crippen LogP contribution in [0.15, 0.2) is 23.3 Å². The molecule has 5 aliphatic carbocycles. The number of rotatable bonds is 8. The molecule has 16 nitrogen and oxygen atoms in total. The van der Waals surface area contributed by atoms with Crippen LogP contribution in [0.2, 0.25) is 0 Å². The highest BCUT2D eigenvalue weighted by Crippen LogP contribution is 2.74. The zero-order valence-electron chi connectivity index (χ0n) is 38.2. The molecule has 0 amide bonds. The molecule has 63 heavy (non-hydrogen) atoms. The summed E-state index contributed by atoms with van der Waals surface area (Å²) in [7, 11) is 0. The van der Waals surface area contributed by atoms with Gasteiger partial charge in [-0.25, -0.2) is 0 Å². The Balaban J connectivity index is 1.06. The first-order valence-electron chi connectivity index (χ1n) is 23.4. The quantitative estimate of drug-likeness (QED) is 0.154. The summed E-state index contributed by atoms with van der Waals surface area (Å²) in [5.74, 6) is 0.358. The fourth-order valence-corrected chi connectivity index (χ4v) is 14.2. The van der Waals surface area contributed by atoms with Crippen LogP contribution in [0, 0.1) is 44.3 Å². The van der Waals surface area contributed by atoms with Crippen molar-refractivity contribution in [2.45, 2.75) is 205 Å². The van der Waals surface area contributed by atoms with Gasteiger partial charge in [0.15, 0.2) is 18.9 Å². The van der Waals surface area contributed by atoms with Crippen LogP contribution in [0.3, 0.4) is 0 Å². The maximum atomic E-state index is 12.1. The molecule has 0 aromatic rings. The third-order valence-corrected chi connectivity index (χ3v) is 18.4. The number of aliphatic hydroxyl groups excluding tert-OH is 10. The molecule has 3 saturated carbocycles. The second kappa shape index (κ2) is 16.8. The monoisotopic (exact) mass is 897 g/mol. The van der Waals surface area contributed by atoms with Gasteiger partial charge in [-0.15, -0.1) is 0 Å². The second-order valence-electron chi connectivity index (χ2n) is 22.8. The molecule has 0 spiro atoms. The van der Waals surface area contributed by atoms with Gasteiger partial charge in [0.25, 0.3) is 0 Å². The van der Waals surface area contributed by atoms with Gasteiger partial charge in [-0.05, 0) is 97.4 Å². The van der Waals surface area contributed by atoms with Gasteiger partial charge in [0.05, 0.1) is 38.1 Å². The molecule has 3 aliphatic heterocycles. The topological polar surface area (TPSA) is 258 Å². The number of fused-ring (bicyclic) bond motifs is 6. The van der Waals surface area contributed by atoms with Gasteiger partial charge in [-0.1, -0.05) is 66.2 Å². The van der Waals surface area contributed by atoms with E-state index in [9.17, 15) is 51.1 Å². The lowest BCUT2D eigenvalue weighted by molar-refractivity contribution is -0.393. The summed E-state index contributed by atoms with van der Waals surface area (Å²) in [6.45, 7) is 16.6. The molecular weight excluding hydrogens is 821 g/mol. The lowest BCUT2D eigenvalue weighted by Gasteiger charge is -2.70. The van der Waals surface area contributed by atoms with E-state index >= 15 is 0 Å². The molecule has 0 radical (unpaired) electrons. The number of aliphatic hydroxyl groups is 10. The molecule has 16 heteroatoms. The standard InChI is InChI=1S/C47H76O16/c1-22-31(52)34(55)37(63-41-38(35(56)33(54)26(19-48)60-41)62-39-36(57)32(53)25(50)20-58-39)40(59-22)61-30-12-13-44(6)27(43(30,4)5)11-14-45(7)28(44)10-9-23-24-17-42(2,3)15-16-47(24,21-49)29(51)18-46(23,45)8/h9-10,22,25-41,48-57H,11-21H2,1-8H3. The molecular formula is C47H76O16. The van der Waals surface area contributed by atoms with Crippen molar-refractivity contribution in [3.8, 4) is 0 Å². The Morgan fingerprint density at radius 3 is 2.02 bits per heavy atom. The normalized spacial score (nSPS) is 54.1.